The largest absolute Gasteiger partial charge is 0.0616 e. The molecule has 0 amide bonds. The maximum absolute atomic E-state index is 2.38. The first kappa shape index (κ1) is 19.1. The fourth-order valence-corrected chi connectivity index (χ4v) is 5.58. The molecule has 0 unspecified atom stereocenters. The molecule has 0 bridgehead atoms. The summed E-state index contributed by atoms with van der Waals surface area (Å²) >= 11 is 0. The number of aryl methyl sites for hydroxylation is 4. The third kappa shape index (κ3) is 2.63. The van der Waals surface area contributed by atoms with Crippen LogP contribution >= 0.6 is 0 Å². The molecule has 0 heterocycles. The lowest BCUT2D eigenvalue weighted by atomic mass is 9.89. The van der Waals surface area contributed by atoms with Crippen LogP contribution in [-0.2, 0) is 0 Å². The van der Waals surface area contributed by atoms with E-state index in [9.17, 15) is 0 Å². The number of hydrogen-bond acceptors (Lipinski definition) is 0. The monoisotopic (exact) mass is 410 g/mol. The minimum atomic E-state index is 1.28. The van der Waals surface area contributed by atoms with E-state index in [0.29, 0.717) is 0 Å². The third-order valence-corrected chi connectivity index (χ3v) is 7.46. The molecule has 0 fully saturated rings. The maximum Gasteiger partial charge on any atom is -0.0139 e. The van der Waals surface area contributed by atoms with Gasteiger partial charge in [0.05, 0.1) is 0 Å². The number of rotatable bonds is 1. The van der Waals surface area contributed by atoms with Crippen molar-refractivity contribution in [2.24, 2.45) is 0 Å². The molecule has 6 aromatic rings. The molecule has 6 aromatic carbocycles. The molecule has 0 spiro atoms. The van der Waals surface area contributed by atoms with Crippen molar-refractivity contribution in [3.8, 4) is 11.1 Å². The zero-order valence-corrected chi connectivity index (χ0v) is 19.1. The lowest BCUT2D eigenvalue weighted by Crippen LogP contribution is -1.91. The predicted molar refractivity (Wildman–Crippen MR) is 141 cm³/mol. The van der Waals surface area contributed by atoms with Gasteiger partial charge in [0, 0.05) is 0 Å². The zero-order chi connectivity index (χ0) is 22.0. The highest BCUT2D eigenvalue weighted by atomic mass is 14.2. The van der Waals surface area contributed by atoms with Crippen molar-refractivity contribution >= 4 is 43.1 Å². The van der Waals surface area contributed by atoms with Crippen LogP contribution < -0.4 is 0 Å². The smallest absolute Gasteiger partial charge is 0.0139 e. The Morgan fingerprint density at radius 3 is 0.938 bits per heavy atom. The van der Waals surface area contributed by atoms with E-state index < -0.39 is 0 Å². The standard InChI is InChI=1S/C32H26/c1-19-25-9-5-7-11-27(25)21(3)31-17-23(13-15-29(19)31)24-14-16-30-20(2)26-10-6-8-12-28(26)22(4)32(30)18-24/h5-18H,1-4H3. The van der Waals surface area contributed by atoms with Crippen molar-refractivity contribution in [1.82, 2.24) is 0 Å². The molecule has 0 N–H and O–H groups in total. The molecular formula is C32H26. The summed E-state index contributed by atoms with van der Waals surface area (Å²) in [6.07, 6.45) is 0. The number of fused-ring (bicyclic) bond motifs is 4. The predicted octanol–water partition coefficient (Wildman–Crippen LogP) is 9.20. The van der Waals surface area contributed by atoms with Crippen LogP contribution in [0.2, 0.25) is 0 Å². The highest BCUT2D eigenvalue weighted by Crippen LogP contribution is 2.37. The topological polar surface area (TPSA) is 0 Å². The molecule has 0 nitrogen and oxygen atoms in total. The molecule has 0 saturated carbocycles. The van der Waals surface area contributed by atoms with Gasteiger partial charge in [0.15, 0.2) is 0 Å². The molecule has 154 valence electrons. The first-order valence-electron chi connectivity index (χ1n) is 11.4. The van der Waals surface area contributed by atoms with Crippen molar-refractivity contribution in [2.45, 2.75) is 27.7 Å². The first-order chi connectivity index (χ1) is 15.5. The van der Waals surface area contributed by atoms with E-state index in [1.54, 1.807) is 0 Å². The van der Waals surface area contributed by atoms with E-state index in [0.717, 1.165) is 0 Å². The fourth-order valence-electron chi connectivity index (χ4n) is 5.58. The summed E-state index contributed by atoms with van der Waals surface area (Å²) in [5, 5.41) is 10.8. The van der Waals surface area contributed by atoms with Gasteiger partial charge in [-0.3, -0.25) is 0 Å². The summed E-state index contributed by atoms with van der Waals surface area (Å²) in [6.45, 7) is 9.01. The Hall–Kier alpha value is -3.64. The van der Waals surface area contributed by atoms with Gasteiger partial charge in [-0.1, -0.05) is 72.8 Å². The Labute approximate surface area is 189 Å². The molecule has 0 aromatic heterocycles. The van der Waals surface area contributed by atoms with Crippen LogP contribution in [0.25, 0.3) is 54.2 Å². The Morgan fingerprint density at radius 1 is 0.312 bits per heavy atom. The highest BCUT2D eigenvalue weighted by molar-refractivity contribution is 6.08. The van der Waals surface area contributed by atoms with Crippen LogP contribution in [0.3, 0.4) is 0 Å². The molecule has 0 radical (unpaired) electrons. The van der Waals surface area contributed by atoms with Gasteiger partial charge < -0.3 is 0 Å². The van der Waals surface area contributed by atoms with Crippen LogP contribution in [0.4, 0.5) is 0 Å². The molecule has 0 saturated heterocycles. The zero-order valence-electron chi connectivity index (χ0n) is 19.1. The van der Waals surface area contributed by atoms with Gasteiger partial charge in [-0.25, -0.2) is 0 Å². The van der Waals surface area contributed by atoms with Crippen LogP contribution in [0, 0.1) is 27.7 Å². The quantitative estimate of drug-likeness (QED) is 0.237. The minimum Gasteiger partial charge on any atom is -0.0616 e. The number of benzene rings is 6. The van der Waals surface area contributed by atoms with Crippen LogP contribution in [0.5, 0.6) is 0 Å². The fraction of sp³-hybridized carbons (Fsp3) is 0.125. The lowest BCUT2D eigenvalue weighted by Gasteiger charge is -2.15. The van der Waals surface area contributed by atoms with Crippen LogP contribution in [0.1, 0.15) is 22.3 Å². The third-order valence-electron chi connectivity index (χ3n) is 7.46. The van der Waals surface area contributed by atoms with Gasteiger partial charge in [0.1, 0.15) is 0 Å². The van der Waals surface area contributed by atoms with Crippen molar-refractivity contribution in [1.29, 1.82) is 0 Å². The van der Waals surface area contributed by atoms with Gasteiger partial charge in [-0.15, -0.1) is 0 Å². The van der Waals surface area contributed by atoms with Crippen molar-refractivity contribution in [3.05, 3.63) is 107 Å². The average molecular weight is 411 g/mol. The Bertz CT molecular complexity index is 1570. The summed E-state index contributed by atoms with van der Waals surface area (Å²) in [5.41, 5.74) is 8.02. The summed E-state index contributed by atoms with van der Waals surface area (Å²) in [5.74, 6) is 0. The molecule has 0 atom stereocenters. The molecule has 32 heavy (non-hydrogen) atoms. The highest BCUT2D eigenvalue weighted by Gasteiger charge is 2.12. The number of hydrogen-bond donors (Lipinski definition) is 0. The SMILES string of the molecule is Cc1c2ccccc2c(C)c2cc(-c3ccc4c(C)c5ccccc5c(C)c4c3)ccc12. The van der Waals surface area contributed by atoms with Crippen LogP contribution in [-0.4, -0.2) is 0 Å². The molecule has 6 rings (SSSR count). The van der Waals surface area contributed by atoms with Gasteiger partial charge in [0.2, 0.25) is 0 Å². The van der Waals surface area contributed by atoms with Gasteiger partial charge >= 0.3 is 0 Å². The summed E-state index contributed by atoms with van der Waals surface area (Å²) < 4.78 is 0. The van der Waals surface area contributed by atoms with E-state index in [-0.39, 0.29) is 0 Å². The van der Waals surface area contributed by atoms with E-state index in [1.165, 1.54) is 76.5 Å². The normalized spacial score (nSPS) is 11.8. The van der Waals surface area contributed by atoms with Gasteiger partial charge in [-0.05, 0) is 116 Å². The minimum absolute atomic E-state index is 1.28. The Kier molecular flexibility index (Phi) is 4.13. The first-order valence-corrected chi connectivity index (χ1v) is 11.4. The summed E-state index contributed by atoms with van der Waals surface area (Å²) in [7, 11) is 0. The van der Waals surface area contributed by atoms with Gasteiger partial charge in [0.25, 0.3) is 0 Å². The molecule has 0 aliphatic heterocycles. The van der Waals surface area contributed by atoms with E-state index in [2.05, 4.69) is 113 Å². The van der Waals surface area contributed by atoms with E-state index in [1.807, 2.05) is 0 Å². The molecule has 0 heteroatoms. The molecule has 0 aliphatic rings. The lowest BCUT2D eigenvalue weighted by molar-refractivity contribution is 1.51. The molecular weight excluding hydrogens is 384 g/mol. The second-order valence-corrected chi connectivity index (χ2v) is 9.11. The van der Waals surface area contributed by atoms with E-state index >= 15 is 0 Å². The Morgan fingerprint density at radius 2 is 0.594 bits per heavy atom. The van der Waals surface area contributed by atoms with Crippen molar-refractivity contribution < 1.29 is 0 Å². The average Bonchev–Trinajstić information content (AvgIpc) is 2.85. The van der Waals surface area contributed by atoms with E-state index in [4.69, 9.17) is 0 Å². The second kappa shape index (κ2) is 6.93. The summed E-state index contributed by atoms with van der Waals surface area (Å²) in [4.78, 5) is 0. The second-order valence-electron chi connectivity index (χ2n) is 9.11. The van der Waals surface area contributed by atoms with Crippen molar-refractivity contribution in [3.63, 3.8) is 0 Å². The van der Waals surface area contributed by atoms with Crippen molar-refractivity contribution in [2.75, 3.05) is 0 Å². The van der Waals surface area contributed by atoms with Crippen LogP contribution in [0.15, 0.2) is 84.9 Å². The maximum atomic E-state index is 2.38. The Balaban J connectivity index is 1.62. The van der Waals surface area contributed by atoms with Gasteiger partial charge in [-0.2, -0.15) is 0 Å². The molecule has 0 aliphatic carbocycles. The summed E-state index contributed by atoms with van der Waals surface area (Å²) in [6, 6.07) is 31.5.